The Kier molecular flexibility index (Phi) is 7.90. The van der Waals surface area contributed by atoms with Crippen LogP contribution in [0, 0.1) is 0 Å². The third-order valence-electron chi connectivity index (χ3n) is 2.25. The van der Waals surface area contributed by atoms with Gasteiger partial charge in [0.25, 0.3) is 11.5 Å². The minimum absolute atomic E-state index is 1.63. The first-order chi connectivity index (χ1) is 13.3. The Bertz CT molecular complexity index is 645. The van der Waals surface area contributed by atoms with Crippen molar-refractivity contribution in [2.75, 3.05) is 0 Å². The SMILES string of the molecule is FC(F)=C(OC(=C(F)F)C(F)(F)OC(F)(F)C(F)(F)F)C(F)(F)OC(F)(F)C(F)(F)F. The maximum absolute atomic E-state index is 13.2. The van der Waals surface area contributed by atoms with Crippen molar-refractivity contribution in [2.45, 2.75) is 36.8 Å². The largest absolute Gasteiger partial charge is 0.483 e. The summed E-state index contributed by atoms with van der Waals surface area (Å²) in [5.74, 6) is -8.59. The van der Waals surface area contributed by atoms with Crippen molar-refractivity contribution in [1.82, 2.24) is 0 Å². The van der Waals surface area contributed by atoms with Crippen LogP contribution < -0.4 is 0 Å². The average molecular weight is 510 g/mol. The highest BCUT2D eigenvalue weighted by atomic mass is 19.4. The summed E-state index contributed by atoms with van der Waals surface area (Å²) in [4.78, 5) is 0. The third kappa shape index (κ3) is 6.97. The molecule has 0 saturated heterocycles. The molecule has 0 aliphatic heterocycles. The first-order valence-corrected chi connectivity index (χ1v) is 6.13. The lowest BCUT2D eigenvalue weighted by Crippen LogP contribution is -2.47. The highest BCUT2D eigenvalue weighted by molar-refractivity contribution is 5.12. The molecular formula is C10F18O3. The molecule has 184 valence electrons. The minimum atomic E-state index is -7.10. The second kappa shape index (κ2) is 8.47. The summed E-state index contributed by atoms with van der Waals surface area (Å²) in [5, 5.41) is 0. The summed E-state index contributed by atoms with van der Waals surface area (Å²) in [7, 11) is 0. The fraction of sp³-hybridized carbons (Fsp3) is 0.600. The molecule has 0 amide bonds. The van der Waals surface area contributed by atoms with E-state index in [4.69, 9.17) is 0 Å². The number of ether oxygens (including phenoxy) is 3. The van der Waals surface area contributed by atoms with Crippen molar-refractivity contribution >= 4 is 0 Å². The molecule has 0 heterocycles. The lowest BCUT2D eigenvalue weighted by Gasteiger charge is -2.28. The van der Waals surface area contributed by atoms with E-state index in [1.165, 1.54) is 0 Å². The van der Waals surface area contributed by atoms with Crippen molar-refractivity contribution in [2.24, 2.45) is 0 Å². The van der Waals surface area contributed by atoms with Crippen LogP contribution >= 0.6 is 0 Å². The maximum Gasteiger partial charge on any atom is 0.483 e. The Balaban J connectivity index is 6.24. The molecule has 0 N–H and O–H groups in total. The van der Waals surface area contributed by atoms with Crippen molar-refractivity contribution in [3.63, 3.8) is 0 Å². The Morgan fingerprint density at radius 3 is 0.806 bits per heavy atom. The van der Waals surface area contributed by atoms with E-state index < -0.39 is 60.5 Å². The molecule has 21 heteroatoms. The number of halogens is 18. The Hall–Kier alpha value is -2.06. The molecule has 0 bridgehead atoms. The zero-order valence-corrected chi connectivity index (χ0v) is 13.0. The van der Waals surface area contributed by atoms with Crippen LogP contribution in [0.25, 0.3) is 0 Å². The van der Waals surface area contributed by atoms with E-state index in [0.717, 1.165) is 0 Å². The fourth-order valence-corrected chi connectivity index (χ4v) is 1.05. The van der Waals surface area contributed by atoms with Gasteiger partial charge in [0.1, 0.15) is 0 Å². The molecule has 0 aliphatic rings. The number of hydrogen-bond acceptors (Lipinski definition) is 3. The van der Waals surface area contributed by atoms with Crippen LogP contribution in [-0.2, 0) is 14.2 Å². The van der Waals surface area contributed by atoms with Crippen LogP contribution in [0.5, 0.6) is 0 Å². The van der Waals surface area contributed by atoms with Crippen LogP contribution in [0.2, 0.25) is 0 Å². The van der Waals surface area contributed by atoms with E-state index in [2.05, 4.69) is 4.74 Å². The molecule has 0 aromatic rings. The quantitative estimate of drug-likeness (QED) is 0.267. The fourth-order valence-electron chi connectivity index (χ4n) is 1.05. The summed E-state index contributed by atoms with van der Waals surface area (Å²) < 4.78 is 228. The van der Waals surface area contributed by atoms with Crippen molar-refractivity contribution in [1.29, 1.82) is 0 Å². The third-order valence-corrected chi connectivity index (χ3v) is 2.25. The second-order valence-electron chi connectivity index (χ2n) is 4.55. The first-order valence-electron chi connectivity index (χ1n) is 6.13. The van der Waals surface area contributed by atoms with Gasteiger partial charge in [-0.25, -0.2) is 9.47 Å². The normalized spacial score (nSPS) is 14.4. The standard InChI is InChI=1S/C10F18O3/c11-3(12)1(5(15,16)30-9(25,26)7(19,20)21)29-2(4(13)14)6(17,18)31-10(27,28)8(22,23)24. The minimum Gasteiger partial charge on any atom is -0.438 e. The molecule has 31 heavy (non-hydrogen) atoms. The molecule has 0 unspecified atom stereocenters. The van der Waals surface area contributed by atoms with E-state index in [1.54, 1.807) is 9.47 Å². The Labute approximate surface area is 155 Å². The first kappa shape index (κ1) is 28.9. The van der Waals surface area contributed by atoms with Gasteiger partial charge in [0.05, 0.1) is 0 Å². The molecule has 0 saturated carbocycles. The van der Waals surface area contributed by atoms with Gasteiger partial charge in [-0.2, -0.15) is 79.0 Å². The average Bonchev–Trinajstić information content (AvgIpc) is 2.40. The predicted molar refractivity (Wildman–Crippen MR) is 53.6 cm³/mol. The van der Waals surface area contributed by atoms with E-state index in [-0.39, 0.29) is 0 Å². The number of alkyl halides is 14. The summed E-state index contributed by atoms with van der Waals surface area (Å²) in [6.07, 6.45) is -51.0. The summed E-state index contributed by atoms with van der Waals surface area (Å²) >= 11 is 0. The Morgan fingerprint density at radius 2 is 0.645 bits per heavy atom. The lowest BCUT2D eigenvalue weighted by molar-refractivity contribution is -0.458. The summed E-state index contributed by atoms with van der Waals surface area (Å²) in [6.45, 7) is 0. The van der Waals surface area contributed by atoms with Gasteiger partial charge in [0.15, 0.2) is 0 Å². The second-order valence-corrected chi connectivity index (χ2v) is 4.55. The van der Waals surface area contributed by atoms with E-state index in [9.17, 15) is 79.0 Å². The molecule has 0 atom stereocenters. The van der Waals surface area contributed by atoms with Gasteiger partial charge in [0, 0.05) is 0 Å². The van der Waals surface area contributed by atoms with E-state index in [0.29, 0.717) is 0 Å². The zero-order chi connectivity index (χ0) is 25.4. The number of rotatable bonds is 8. The van der Waals surface area contributed by atoms with Crippen LogP contribution in [0.3, 0.4) is 0 Å². The van der Waals surface area contributed by atoms with Crippen LogP contribution in [0.1, 0.15) is 0 Å². The molecular weight excluding hydrogens is 510 g/mol. The van der Waals surface area contributed by atoms with Crippen LogP contribution in [0.15, 0.2) is 23.7 Å². The van der Waals surface area contributed by atoms with Crippen molar-refractivity contribution < 1.29 is 93.2 Å². The summed E-state index contributed by atoms with van der Waals surface area (Å²) in [5.41, 5.74) is 0. The van der Waals surface area contributed by atoms with Gasteiger partial charge in [0.2, 0.25) is 0 Å². The van der Waals surface area contributed by atoms with Gasteiger partial charge < -0.3 is 4.74 Å². The topological polar surface area (TPSA) is 27.7 Å². The van der Waals surface area contributed by atoms with E-state index in [1.807, 2.05) is 0 Å². The zero-order valence-electron chi connectivity index (χ0n) is 13.0. The molecule has 0 aliphatic carbocycles. The molecule has 3 nitrogen and oxygen atoms in total. The highest BCUT2D eigenvalue weighted by Gasteiger charge is 2.68. The lowest BCUT2D eigenvalue weighted by atomic mass is 10.4. The Morgan fingerprint density at radius 1 is 0.419 bits per heavy atom. The van der Waals surface area contributed by atoms with Crippen molar-refractivity contribution in [3.8, 4) is 0 Å². The molecule has 0 fully saturated rings. The number of hydrogen-bond donors (Lipinski definition) is 0. The van der Waals surface area contributed by atoms with Crippen LogP contribution in [0.4, 0.5) is 79.0 Å². The molecule has 0 aromatic heterocycles. The van der Waals surface area contributed by atoms with Gasteiger partial charge in [-0.05, 0) is 0 Å². The molecule has 0 spiro atoms. The molecule has 0 aromatic carbocycles. The van der Waals surface area contributed by atoms with Gasteiger partial charge in [-0.1, -0.05) is 0 Å². The van der Waals surface area contributed by atoms with Gasteiger partial charge in [-0.15, -0.1) is 0 Å². The molecule has 0 radical (unpaired) electrons. The predicted octanol–water partition coefficient (Wildman–Crippen LogP) is 6.75. The van der Waals surface area contributed by atoms with E-state index >= 15 is 0 Å². The van der Waals surface area contributed by atoms with Crippen LogP contribution in [-0.4, -0.2) is 36.8 Å². The van der Waals surface area contributed by atoms with Gasteiger partial charge >= 0.3 is 48.9 Å². The highest BCUT2D eigenvalue weighted by Crippen LogP contribution is 2.47. The monoisotopic (exact) mass is 510 g/mol. The van der Waals surface area contributed by atoms with Crippen molar-refractivity contribution in [3.05, 3.63) is 23.7 Å². The van der Waals surface area contributed by atoms with Gasteiger partial charge in [-0.3, -0.25) is 0 Å². The molecule has 0 rings (SSSR count). The maximum atomic E-state index is 13.2. The smallest absolute Gasteiger partial charge is 0.438 e. The summed E-state index contributed by atoms with van der Waals surface area (Å²) in [6, 6.07) is 0.